The lowest BCUT2D eigenvalue weighted by Gasteiger charge is -2.10. The molecule has 2 atom stereocenters. The summed E-state index contributed by atoms with van der Waals surface area (Å²) < 4.78 is 0. The molecule has 4 nitrogen and oxygen atoms in total. The van der Waals surface area contributed by atoms with Gasteiger partial charge < -0.3 is 15.8 Å². The van der Waals surface area contributed by atoms with Crippen molar-refractivity contribution in [3.8, 4) is 0 Å². The van der Waals surface area contributed by atoms with Gasteiger partial charge in [0, 0.05) is 5.69 Å². The van der Waals surface area contributed by atoms with E-state index >= 15 is 0 Å². The fraction of sp³-hybridized carbons (Fsp3) is 0.700. The van der Waals surface area contributed by atoms with E-state index in [1.165, 1.54) is 18.5 Å². The van der Waals surface area contributed by atoms with E-state index in [-0.39, 0.29) is 6.04 Å². The first-order valence-electron chi connectivity index (χ1n) is 5.20. The van der Waals surface area contributed by atoms with Gasteiger partial charge in [-0.3, -0.25) is 0 Å². The number of nitrogens with one attached hydrogen (secondary N) is 1. The summed E-state index contributed by atoms with van der Waals surface area (Å²) in [6.45, 7) is 1.69. The minimum absolute atomic E-state index is 0.388. The van der Waals surface area contributed by atoms with Crippen LogP contribution in [0.25, 0.3) is 0 Å². The quantitative estimate of drug-likeness (QED) is 0.649. The standard InChI is InChI=1S/C10H17N3O/c1-6(14)9(11)10-12-7-4-2-3-5-8(7)13-10/h6,9,14H,2-5,11H2,1H3,(H,12,13)/t6-,9+/m0/s1. The molecule has 0 bridgehead atoms. The van der Waals surface area contributed by atoms with E-state index in [0.29, 0.717) is 0 Å². The zero-order valence-corrected chi connectivity index (χ0v) is 8.45. The molecule has 1 heterocycles. The Bertz CT molecular complexity index is 296. The van der Waals surface area contributed by atoms with Crippen LogP contribution in [0.4, 0.5) is 0 Å². The van der Waals surface area contributed by atoms with Gasteiger partial charge in [0.1, 0.15) is 5.82 Å². The van der Waals surface area contributed by atoms with Gasteiger partial charge in [-0.2, -0.15) is 0 Å². The zero-order valence-electron chi connectivity index (χ0n) is 8.45. The van der Waals surface area contributed by atoms with Crippen LogP contribution in [-0.2, 0) is 12.8 Å². The third-order valence-corrected chi connectivity index (χ3v) is 2.81. The number of hydrogen-bond acceptors (Lipinski definition) is 3. The molecular formula is C10H17N3O. The average Bonchev–Trinajstić information content (AvgIpc) is 2.59. The normalized spacial score (nSPS) is 20.2. The first-order chi connectivity index (χ1) is 6.68. The number of aliphatic hydroxyl groups excluding tert-OH is 1. The Morgan fingerprint density at radius 2 is 2.14 bits per heavy atom. The molecule has 1 aromatic rings. The van der Waals surface area contributed by atoms with Gasteiger partial charge >= 0.3 is 0 Å². The van der Waals surface area contributed by atoms with Gasteiger partial charge in [0.25, 0.3) is 0 Å². The highest BCUT2D eigenvalue weighted by molar-refractivity contribution is 5.19. The van der Waals surface area contributed by atoms with Gasteiger partial charge in [0.05, 0.1) is 17.8 Å². The Morgan fingerprint density at radius 3 is 2.79 bits per heavy atom. The predicted octanol–water partition coefficient (Wildman–Crippen LogP) is 0.669. The number of aliphatic hydroxyl groups is 1. The summed E-state index contributed by atoms with van der Waals surface area (Å²) in [5.74, 6) is 0.729. The number of aryl methyl sites for hydroxylation is 2. The average molecular weight is 195 g/mol. The second kappa shape index (κ2) is 3.71. The third-order valence-electron chi connectivity index (χ3n) is 2.81. The maximum atomic E-state index is 9.35. The van der Waals surface area contributed by atoms with Crippen molar-refractivity contribution in [3.05, 3.63) is 17.2 Å². The molecule has 14 heavy (non-hydrogen) atoms. The van der Waals surface area contributed by atoms with E-state index in [1.54, 1.807) is 6.92 Å². The number of hydrogen-bond donors (Lipinski definition) is 3. The summed E-state index contributed by atoms with van der Waals surface area (Å²) in [7, 11) is 0. The van der Waals surface area contributed by atoms with Crippen LogP contribution < -0.4 is 5.73 Å². The number of aromatic amines is 1. The van der Waals surface area contributed by atoms with Crippen LogP contribution in [0.3, 0.4) is 0 Å². The topological polar surface area (TPSA) is 74.9 Å². The summed E-state index contributed by atoms with van der Waals surface area (Å²) in [5, 5.41) is 9.35. The molecule has 0 aliphatic heterocycles. The van der Waals surface area contributed by atoms with Crippen LogP contribution in [0.1, 0.15) is 43.0 Å². The predicted molar refractivity (Wildman–Crippen MR) is 53.8 cm³/mol. The van der Waals surface area contributed by atoms with Crippen LogP contribution in [0.2, 0.25) is 0 Å². The number of fused-ring (bicyclic) bond motifs is 1. The maximum Gasteiger partial charge on any atom is 0.126 e. The fourth-order valence-electron chi connectivity index (χ4n) is 1.86. The van der Waals surface area contributed by atoms with Crippen molar-refractivity contribution in [3.63, 3.8) is 0 Å². The van der Waals surface area contributed by atoms with Crippen molar-refractivity contribution in [2.24, 2.45) is 5.73 Å². The first-order valence-corrected chi connectivity index (χ1v) is 5.20. The SMILES string of the molecule is C[C@H](O)[C@@H](N)c1nc2c([nH]1)CCCC2. The monoisotopic (exact) mass is 195 g/mol. The number of aromatic nitrogens is 2. The molecule has 0 spiro atoms. The van der Waals surface area contributed by atoms with Crippen molar-refractivity contribution >= 4 is 0 Å². The molecule has 0 fully saturated rings. The molecule has 2 rings (SSSR count). The minimum Gasteiger partial charge on any atom is -0.391 e. The van der Waals surface area contributed by atoms with E-state index in [2.05, 4.69) is 9.97 Å². The van der Waals surface area contributed by atoms with E-state index < -0.39 is 6.10 Å². The first kappa shape index (κ1) is 9.68. The molecule has 0 saturated heterocycles. The largest absolute Gasteiger partial charge is 0.391 e. The highest BCUT2D eigenvalue weighted by Gasteiger charge is 2.20. The van der Waals surface area contributed by atoms with Crippen LogP contribution in [0.5, 0.6) is 0 Å². The molecule has 1 aliphatic rings. The van der Waals surface area contributed by atoms with Gasteiger partial charge in [0.2, 0.25) is 0 Å². The summed E-state index contributed by atoms with van der Waals surface area (Å²) in [6, 6.07) is -0.388. The number of nitrogens with two attached hydrogens (primary N) is 1. The lowest BCUT2D eigenvalue weighted by molar-refractivity contribution is 0.161. The van der Waals surface area contributed by atoms with E-state index in [4.69, 9.17) is 5.73 Å². The second-order valence-electron chi connectivity index (χ2n) is 4.02. The van der Waals surface area contributed by atoms with Gasteiger partial charge in [0.15, 0.2) is 0 Å². The van der Waals surface area contributed by atoms with E-state index in [0.717, 1.165) is 24.4 Å². The van der Waals surface area contributed by atoms with Gasteiger partial charge in [-0.1, -0.05) is 0 Å². The Labute approximate surface area is 83.5 Å². The summed E-state index contributed by atoms with van der Waals surface area (Å²) in [5.41, 5.74) is 8.16. The molecular weight excluding hydrogens is 178 g/mol. The Morgan fingerprint density at radius 1 is 1.43 bits per heavy atom. The number of imidazole rings is 1. The van der Waals surface area contributed by atoms with E-state index in [1.807, 2.05) is 0 Å². The van der Waals surface area contributed by atoms with Crippen LogP contribution in [0, 0.1) is 0 Å². The molecule has 0 radical (unpaired) electrons. The molecule has 4 N–H and O–H groups in total. The molecule has 0 unspecified atom stereocenters. The summed E-state index contributed by atoms with van der Waals surface area (Å²) in [4.78, 5) is 7.65. The van der Waals surface area contributed by atoms with Gasteiger partial charge in [-0.05, 0) is 32.6 Å². The van der Waals surface area contributed by atoms with Crippen molar-refractivity contribution in [2.45, 2.75) is 44.8 Å². The van der Waals surface area contributed by atoms with Crippen molar-refractivity contribution in [1.82, 2.24) is 9.97 Å². The third kappa shape index (κ3) is 1.67. The molecule has 1 aliphatic carbocycles. The lowest BCUT2D eigenvalue weighted by atomic mass is 10.0. The fourth-order valence-corrected chi connectivity index (χ4v) is 1.86. The van der Waals surface area contributed by atoms with Crippen LogP contribution in [0.15, 0.2) is 0 Å². The highest BCUT2D eigenvalue weighted by atomic mass is 16.3. The van der Waals surface area contributed by atoms with E-state index in [9.17, 15) is 5.11 Å². The maximum absolute atomic E-state index is 9.35. The van der Waals surface area contributed by atoms with Gasteiger partial charge in [-0.15, -0.1) is 0 Å². The lowest BCUT2D eigenvalue weighted by Crippen LogP contribution is -2.24. The number of rotatable bonds is 2. The Hall–Kier alpha value is -0.870. The molecule has 0 amide bonds. The zero-order chi connectivity index (χ0) is 10.1. The molecule has 78 valence electrons. The highest BCUT2D eigenvalue weighted by Crippen LogP contribution is 2.21. The number of nitrogens with zero attached hydrogens (tertiary/aromatic N) is 1. The van der Waals surface area contributed by atoms with Crippen LogP contribution >= 0.6 is 0 Å². The molecule has 4 heteroatoms. The molecule has 0 saturated carbocycles. The van der Waals surface area contributed by atoms with Gasteiger partial charge in [-0.25, -0.2) is 4.98 Å². The minimum atomic E-state index is -0.553. The van der Waals surface area contributed by atoms with Crippen molar-refractivity contribution in [1.29, 1.82) is 0 Å². The summed E-state index contributed by atoms with van der Waals surface area (Å²) in [6.07, 6.45) is 3.98. The Balaban J connectivity index is 2.23. The van der Waals surface area contributed by atoms with Crippen molar-refractivity contribution in [2.75, 3.05) is 0 Å². The molecule has 1 aromatic heterocycles. The smallest absolute Gasteiger partial charge is 0.126 e. The number of H-pyrrole nitrogens is 1. The summed E-state index contributed by atoms with van der Waals surface area (Å²) >= 11 is 0. The van der Waals surface area contributed by atoms with Crippen molar-refractivity contribution < 1.29 is 5.11 Å². The second-order valence-corrected chi connectivity index (χ2v) is 4.02. The van der Waals surface area contributed by atoms with Crippen LogP contribution in [-0.4, -0.2) is 21.2 Å². The Kier molecular flexibility index (Phi) is 2.56. The molecule has 0 aromatic carbocycles.